The fourth-order valence-electron chi connectivity index (χ4n) is 6.77. The van der Waals surface area contributed by atoms with Crippen molar-refractivity contribution in [2.24, 2.45) is 17.1 Å². The molecule has 1 amide bonds. The molecule has 2 aliphatic rings. The maximum atomic E-state index is 13.1. The minimum absolute atomic E-state index is 0.0251. The summed E-state index contributed by atoms with van der Waals surface area (Å²) in [6.45, 7) is 7.02. The lowest BCUT2D eigenvalue weighted by molar-refractivity contribution is -0.120. The monoisotopic (exact) mass is 603 g/mol. The van der Waals surface area contributed by atoms with Gasteiger partial charge >= 0.3 is 0 Å². The van der Waals surface area contributed by atoms with Crippen LogP contribution < -0.4 is 11.3 Å². The summed E-state index contributed by atoms with van der Waals surface area (Å²) in [5.41, 5.74) is 7.72. The van der Waals surface area contributed by atoms with Gasteiger partial charge in [0, 0.05) is 68.6 Å². The van der Waals surface area contributed by atoms with Gasteiger partial charge in [-0.2, -0.15) is 0 Å². The number of carbonyl (C=O) groups is 2. The van der Waals surface area contributed by atoms with Crippen LogP contribution in [0, 0.1) is 11.3 Å². The quantitative estimate of drug-likeness (QED) is 0.192. The van der Waals surface area contributed by atoms with Gasteiger partial charge in [-0.3, -0.25) is 14.4 Å². The van der Waals surface area contributed by atoms with E-state index in [1.165, 1.54) is 0 Å². The Hall–Kier alpha value is -3.30. The molecule has 9 nitrogen and oxygen atoms in total. The summed E-state index contributed by atoms with van der Waals surface area (Å²) in [4.78, 5) is 46.5. The molecule has 0 radical (unpaired) electrons. The Morgan fingerprint density at radius 2 is 1.82 bits per heavy atom. The van der Waals surface area contributed by atoms with E-state index in [2.05, 4.69) is 20.9 Å². The molecule has 0 unspecified atom stereocenters. The molecule has 44 heavy (non-hydrogen) atoms. The third kappa shape index (κ3) is 8.24. The zero-order chi connectivity index (χ0) is 30.9. The molecule has 0 bridgehead atoms. The molecule has 1 aliphatic heterocycles. The fraction of sp³-hybridized carbons (Fsp3) is 0.600. The second-order valence-corrected chi connectivity index (χ2v) is 12.8. The van der Waals surface area contributed by atoms with Crippen LogP contribution in [0.1, 0.15) is 83.4 Å². The Labute approximate surface area is 260 Å². The van der Waals surface area contributed by atoms with Crippen LogP contribution in [0.2, 0.25) is 0 Å². The third-order valence-corrected chi connectivity index (χ3v) is 9.77. The lowest BCUT2D eigenvalue weighted by Gasteiger charge is -2.32. The van der Waals surface area contributed by atoms with E-state index in [1.807, 2.05) is 37.5 Å². The number of nitrogens with zero attached hydrogens (tertiary/aromatic N) is 3. The summed E-state index contributed by atoms with van der Waals surface area (Å²) in [6, 6.07) is 7.96. The number of piperidine rings is 1. The molecule has 1 atom stereocenters. The minimum atomic E-state index is -0.122. The number of carbonyl (C=O) groups excluding carboxylic acids is 2. The van der Waals surface area contributed by atoms with Gasteiger partial charge in [0.25, 0.3) is 5.56 Å². The molecule has 3 aromatic rings. The number of aryl methyl sites for hydroxylation is 2. The smallest absolute Gasteiger partial charge is 0.258 e. The standard InChI is InChI=1S/C35H49N5O4/c1-2-28(41)9-5-3-4-6-10-32-37-25-31(38-32)27-11-12-29-26(23-27)13-18-40(34(29)43)17-8-22-44-21-7-16-39-19-14-35(15-20-39)24-30(35)33(36)42/h11-13,18,23,25,30H,2-10,14-17,19-22,24H2,1H3,(H2,36,42)(H,37,38)/t30-/m1/s1. The number of benzene rings is 1. The second-order valence-electron chi connectivity index (χ2n) is 12.8. The minimum Gasteiger partial charge on any atom is -0.381 e. The average molecular weight is 604 g/mol. The zero-order valence-electron chi connectivity index (χ0n) is 26.3. The first-order valence-corrected chi connectivity index (χ1v) is 16.7. The van der Waals surface area contributed by atoms with Crippen molar-refractivity contribution in [3.8, 4) is 11.3 Å². The number of likely N-dealkylation sites (tertiary alicyclic amines) is 1. The molecule has 1 saturated carbocycles. The summed E-state index contributed by atoms with van der Waals surface area (Å²) in [5, 5.41) is 1.64. The van der Waals surface area contributed by atoms with Crippen molar-refractivity contribution >= 4 is 22.5 Å². The molecule has 2 fully saturated rings. The number of fused-ring (bicyclic) bond motifs is 1. The largest absolute Gasteiger partial charge is 0.381 e. The van der Waals surface area contributed by atoms with Crippen molar-refractivity contribution in [2.75, 3.05) is 32.8 Å². The highest BCUT2D eigenvalue weighted by molar-refractivity contribution is 5.86. The predicted molar refractivity (Wildman–Crippen MR) is 173 cm³/mol. The van der Waals surface area contributed by atoms with Crippen molar-refractivity contribution in [2.45, 2.75) is 90.5 Å². The molecule has 3 N–H and O–H groups in total. The normalized spacial score (nSPS) is 17.8. The van der Waals surface area contributed by atoms with Gasteiger partial charge in [-0.25, -0.2) is 4.98 Å². The molecule has 2 aromatic heterocycles. The van der Waals surface area contributed by atoms with E-state index in [1.54, 1.807) is 4.57 Å². The van der Waals surface area contributed by atoms with Crippen molar-refractivity contribution < 1.29 is 14.3 Å². The second kappa shape index (κ2) is 15.1. The number of unbranched alkanes of at least 4 members (excludes halogenated alkanes) is 3. The first kappa shape index (κ1) is 32.1. The van der Waals surface area contributed by atoms with E-state index in [9.17, 15) is 14.4 Å². The molecular weight excluding hydrogens is 554 g/mol. The van der Waals surface area contributed by atoms with Gasteiger partial charge in [-0.05, 0) is 87.0 Å². The number of Topliss-reactive ketones (excluding diaryl/α,β-unsaturated/α-hetero) is 1. The first-order chi connectivity index (χ1) is 21.4. The van der Waals surface area contributed by atoms with Gasteiger partial charge in [0.05, 0.1) is 11.9 Å². The highest BCUT2D eigenvalue weighted by Gasteiger charge is 2.57. The van der Waals surface area contributed by atoms with Crippen LogP contribution in [-0.4, -0.2) is 64.0 Å². The fourth-order valence-corrected chi connectivity index (χ4v) is 6.77. The highest BCUT2D eigenvalue weighted by atomic mass is 16.5. The maximum absolute atomic E-state index is 13.1. The van der Waals surface area contributed by atoms with Crippen molar-refractivity contribution in [3.63, 3.8) is 0 Å². The van der Waals surface area contributed by atoms with Gasteiger partial charge in [0.1, 0.15) is 11.6 Å². The van der Waals surface area contributed by atoms with Crippen LogP contribution in [0.5, 0.6) is 0 Å². The van der Waals surface area contributed by atoms with E-state index in [0.717, 1.165) is 118 Å². The molecule has 1 aliphatic carbocycles. The summed E-state index contributed by atoms with van der Waals surface area (Å²) in [5.74, 6) is 1.31. The molecule has 1 aromatic carbocycles. The maximum Gasteiger partial charge on any atom is 0.258 e. The number of aromatic nitrogens is 3. The molecule has 5 rings (SSSR count). The number of imidazole rings is 1. The van der Waals surface area contributed by atoms with Gasteiger partial charge in [0.15, 0.2) is 0 Å². The number of rotatable bonds is 18. The summed E-state index contributed by atoms with van der Waals surface area (Å²) >= 11 is 0. The van der Waals surface area contributed by atoms with E-state index >= 15 is 0 Å². The lowest BCUT2D eigenvalue weighted by atomic mass is 9.90. The zero-order valence-corrected chi connectivity index (χ0v) is 26.3. The topological polar surface area (TPSA) is 123 Å². The number of hydrogen-bond acceptors (Lipinski definition) is 6. The number of nitrogens with two attached hydrogens (primary N) is 1. The Balaban J connectivity index is 0.996. The van der Waals surface area contributed by atoms with Crippen molar-refractivity contribution in [1.82, 2.24) is 19.4 Å². The van der Waals surface area contributed by atoms with Crippen LogP contribution >= 0.6 is 0 Å². The van der Waals surface area contributed by atoms with Crippen molar-refractivity contribution in [1.29, 1.82) is 0 Å². The van der Waals surface area contributed by atoms with E-state index in [0.29, 0.717) is 31.8 Å². The predicted octanol–water partition coefficient (Wildman–Crippen LogP) is 5.25. The number of ketones is 1. The Morgan fingerprint density at radius 1 is 1.05 bits per heavy atom. The van der Waals surface area contributed by atoms with Crippen LogP contribution in [0.3, 0.4) is 0 Å². The summed E-state index contributed by atoms with van der Waals surface area (Å²) < 4.78 is 7.65. The van der Waals surface area contributed by atoms with E-state index < -0.39 is 0 Å². The van der Waals surface area contributed by atoms with Gasteiger partial charge in [-0.1, -0.05) is 25.8 Å². The molecule has 238 valence electrons. The Kier molecular flexibility index (Phi) is 11.0. The number of hydrogen-bond donors (Lipinski definition) is 2. The summed E-state index contributed by atoms with van der Waals surface area (Å²) in [6.07, 6.45) is 15.1. The van der Waals surface area contributed by atoms with E-state index in [4.69, 9.17) is 10.5 Å². The van der Waals surface area contributed by atoms with Gasteiger partial charge in [0.2, 0.25) is 5.91 Å². The number of amides is 1. The van der Waals surface area contributed by atoms with Crippen LogP contribution in [0.25, 0.3) is 22.0 Å². The lowest BCUT2D eigenvalue weighted by Crippen LogP contribution is -2.37. The third-order valence-electron chi connectivity index (χ3n) is 9.77. The first-order valence-electron chi connectivity index (χ1n) is 16.7. The summed E-state index contributed by atoms with van der Waals surface area (Å²) in [7, 11) is 0. The van der Waals surface area contributed by atoms with Gasteiger partial charge < -0.3 is 24.9 Å². The molecule has 9 heteroatoms. The van der Waals surface area contributed by atoms with Crippen molar-refractivity contribution in [3.05, 3.63) is 52.8 Å². The van der Waals surface area contributed by atoms with Crippen LogP contribution in [0.4, 0.5) is 0 Å². The molecular formula is C35H49N5O4. The van der Waals surface area contributed by atoms with Crippen LogP contribution in [-0.2, 0) is 27.3 Å². The van der Waals surface area contributed by atoms with E-state index in [-0.39, 0.29) is 22.8 Å². The number of nitrogens with one attached hydrogen (secondary N) is 1. The van der Waals surface area contributed by atoms with Crippen LogP contribution in [0.15, 0.2) is 41.5 Å². The number of ether oxygens (including phenoxy) is 1. The Bertz CT molecular complexity index is 1470. The number of H-pyrrole nitrogens is 1. The number of aromatic amines is 1. The Morgan fingerprint density at radius 3 is 2.57 bits per heavy atom. The number of pyridine rings is 1. The molecule has 1 saturated heterocycles. The SMILES string of the molecule is CCC(=O)CCCCCCc1ncc(-c2ccc3c(=O)n(CCCOCCCN4CCC5(CC4)C[C@@H]5C(N)=O)ccc3c2)[nH]1. The van der Waals surface area contributed by atoms with Gasteiger partial charge in [-0.15, -0.1) is 0 Å². The molecule has 3 heterocycles. The highest BCUT2D eigenvalue weighted by Crippen LogP contribution is 2.59. The molecule has 1 spiro atoms. The average Bonchev–Trinajstić information content (AvgIpc) is 3.53. The number of primary amides is 1.